The summed E-state index contributed by atoms with van der Waals surface area (Å²) in [5.41, 5.74) is 3.90. The minimum atomic E-state index is 0.0915. The molecule has 0 aliphatic heterocycles. The van der Waals surface area contributed by atoms with Gasteiger partial charge in [-0.25, -0.2) is 0 Å². The summed E-state index contributed by atoms with van der Waals surface area (Å²) in [7, 11) is 0. The zero-order chi connectivity index (χ0) is 16.9. The summed E-state index contributed by atoms with van der Waals surface area (Å²) in [6.07, 6.45) is 0. The molecular formula is C21H29NO. The predicted molar refractivity (Wildman–Crippen MR) is 99.7 cm³/mol. The number of para-hydroxylation sites is 2. The van der Waals surface area contributed by atoms with E-state index >= 15 is 0 Å². The molecule has 0 spiro atoms. The third-order valence-corrected chi connectivity index (χ3v) is 3.95. The molecule has 0 atom stereocenters. The number of ether oxygens (including phenoxy) is 1. The molecule has 0 heterocycles. The maximum absolute atomic E-state index is 6.02. The molecule has 2 nitrogen and oxygen atoms in total. The van der Waals surface area contributed by atoms with Crippen LogP contribution in [-0.4, -0.2) is 13.2 Å². The Labute approximate surface area is 140 Å². The molecule has 0 fully saturated rings. The van der Waals surface area contributed by atoms with Crippen LogP contribution in [0.4, 0.5) is 5.69 Å². The van der Waals surface area contributed by atoms with Gasteiger partial charge in [0.1, 0.15) is 12.4 Å². The Kier molecular flexibility index (Phi) is 5.70. The highest BCUT2D eigenvalue weighted by molar-refractivity contribution is 5.52. The van der Waals surface area contributed by atoms with E-state index < -0.39 is 0 Å². The second-order valence-corrected chi connectivity index (χ2v) is 7.26. The lowest BCUT2D eigenvalue weighted by atomic mass is 9.86. The van der Waals surface area contributed by atoms with Gasteiger partial charge in [0.05, 0.1) is 0 Å². The minimum absolute atomic E-state index is 0.0915. The lowest BCUT2D eigenvalue weighted by Crippen LogP contribution is -2.17. The highest BCUT2D eigenvalue weighted by Crippen LogP contribution is 2.31. The average molecular weight is 311 g/mol. The van der Waals surface area contributed by atoms with Gasteiger partial charge in [0.25, 0.3) is 0 Å². The van der Waals surface area contributed by atoms with Crippen molar-refractivity contribution in [3.8, 4) is 5.75 Å². The molecule has 0 aromatic heterocycles. The molecular weight excluding hydrogens is 282 g/mol. The van der Waals surface area contributed by atoms with Crippen LogP contribution in [0.5, 0.6) is 5.75 Å². The van der Waals surface area contributed by atoms with Crippen molar-refractivity contribution in [3.05, 3.63) is 59.7 Å². The Morgan fingerprint density at radius 3 is 2.30 bits per heavy atom. The van der Waals surface area contributed by atoms with Crippen molar-refractivity contribution in [3.63, 3.8) is 0 Å². The van der Waals surface area contributed by atoms with Crippen molar-refractivity contribution in [2.24, 2.45) is 0 Å². The number of hydrogen-bond donors (Lipinski definition) is 1. The third kappa shape index (κ3) is 4.75. The molecule has 124 valence electrons. The number of hydrogen-bond acceptors (Lipinski definition) is 2. The summed E-state index contributed by atoms with van der Waals surface area (Å²) in [4.78, 5) is 0. The average Bonchev–Trinajstić information content (AvgIpc) is 2.51. The normalized spacial score (nSPS) is 11.6. The molecule has 0 amide bonds. The van der Waals surface area contributed by atoms with Gasteiger partial charge in [-0.05, 0) is 34.6 Å². The molecule has 1 N–H and O–H groups in total. The van der Waals surface area contributed by atoms with E-state index in [1.165, 1.54) is 16.8 Å². The van der Waals surface area contributed by atoms with E-state index in [0.29, 0.717) is 12.5 Å². The fraction of sp³-hybridized carbons (Fsp3) is 0.429. The van der Waals surface area contributed by atoms with Crippen LogP contribution in [0.2, 0.25) is 0 Å². The van der Waals surface area contributed by atoms with Gasteiger partial charge in [0, 0.05) is 12.2 Å². The number of nitrogens with one attached hydrogen (secondary N) is 1. The summed E-state index contributed by atoms with van der Waals surface area (Å²) in [6, 6.07) is 16.8. The van der Waals surface area contributed by atoms with Crippen LogP contribution in [0.15, 0.2) is 48.5 Å². The first-order chi connectivity index (χ1) is 10.9. The Balaban J connectivity index is 1.95. The zero-order valence-electron chi connectivity index (χ0n) is 15.0. The monoisotopic (exact) mass is 311 g/mol. The van der Waals surface area contributed by atoms with Crippen LogP contribution < -0.4 is 10.1 Å². The fourth-order valence-electron chi connectivity index (χ4n) is 2.72. The zero-order valence-corrected chi connectivity index (χ0v) is 15.0. The molecule has 0 saturated carbocycles. The molecule has 2 heteroatoms. The second-order valence-electron chi connectivity index (χ2n) is 7.26. The maximum Gasteiger partial charge on any atom is 0.123 e. The van der Waals surface area contributed by atoms with Crippen molar-refractivity contribution >= 4 is 5.69 Å². The predicted octanol–water partition coefficient (Wildman–Crippen LogP) is 5.60. The topological polar surface area (TPSA) is 21.3 Å². The first-order valence-corrected chi connectivity index (χ1v) is 8.44. The Morgan fingerprint density at radius 1 is 0.957 bits per heavy atom. The van der Waals surface area contributed by atoms with Crippen molar-refractivity contribution in [1.82, 2.24) is 0 Å². The lowest BCUT2D eigenvalue weighted by molar-refractivity contribution is 0.323. The van der Waals surface area contributed by atoms with Crippen molar-refractivity contribution in [2.45, 2.75) is 46.0 Å². The van der Waals surface area contributed by atoms with Gasteiger partial charge < -0.3 is 10.1 Å². The van der Waals surface area contributed by atoms with E-state index in [4.69, 9.17) is 4.74 Å². The summed E-state index contributed by atoms with van der Waals surface area (Å²) >= 11 is 0. The van der Waals surface area contributed by atoms with Gasteiger partial charge in [-0.1, -0.05) is 71.0 Å². The highest BCUT2D eigenvalue weighted by atomic mass is 16.5. The molecule has 23 heavy (non-hydrogen) atoms. The molecule has 2 aromatic rings. The first-order valence-electron chi connectivity index (χ1n) is 8.44. The largest absolute Gasteiger partial charge is 0.491 e. The molecule has 2 rings (SSSR count). The van der Waals surface area contributed by atoms with Gasteiger partial charge in [-0.15, -0.1) is 0 Å². The molecule has 0 bridgehead atoms. The quantitative estimate of drug-likeness (QED) is 0.701. The van der Waals surface area contributed by atoms with Crippen LogP contribution in [0.1, 0.15) is 51.7 Å². The van der Waals surface area contributed by atoms with Crippen LogP contribution in [0.3, 0.4) is 0 Å². The van der Waals surface area contributed by atoms with E-state index in [1.54, 1.807) is 0 Å². The smallest absolute Gasteiger partial charge is 0.123 e. The number of anilines is 1. The molecule has 0 radical (unpaired) electrons. The molecule has 0 saturated heterocycles. The van der Waals surface area contributed by atoms with Gasteiger partial charge in [0.15, 0.2) is 0 Å². The summed E-state index contributed by atoms with van der Waals surface area (Å²) in [5, 5.41) is 3.50. The second kappa shape index (κ2) is 7.54. The number of benzene rings is 2. The Morgan fingerprint density at radius 2 is 1.61 bits per heavy atom. The van der Waals surface area contributed by atoms with Gasteiger partial charge in [-0.2, -0.15) is 0 Å². The summed E-state index contributed by atoms with van der Waals surface area (Å²) < 4.78 is 6.02. The summed E-state index contributed by atoms with van der Waals surface area (Å²) in [6.45, 7) is 12.5. The highest BCUT2D eigenvalue weighted by Gasteiger charge is 2.18. The van der Waals surface area contributed by atoms with Crippen LogP contribution in [0.25, 0.3) is 0 Å². The third-order valence-electron chi connectivity index (χ3n) is 3.95. The van der Waals surface area contributed by atoms with E-state index in [-0.39, 0.29) is 5.41 Å². The van der Waals surface area contributed by atoms with Crippen LogP contribution in [0, 0.1) is 0 Å². The van der Waals surface area contributed by atoms with E-state index in [0.717, 1.165) is 12.3 Å². The molecule has 2 aromatic carbocycles. The van der Waals surface area contributed by atoms with Crippen molar-refractivity contribution in [1.29, 1.82) is 0 Å². The first kappa shape index (κ1) is 17.4. The van der Waals surface area contributed by atoms with Crippen molar-refractivity contribution in [2.75, 3.05) is 18.5 Å². The van der Waals surface area contributed by atoms with E-state index in [2.05, 4.69) is 82.4 Å². The fourth-order valence-corrected chi connectivity index (χ4v) is 2.72. The maximum atomic E-state index is 6.02. The van der Waals surface area contributed by atoms with Gasteiger partial charge in [0.2, 0.25) is 0 Å². The molecule has 0 aliphatic carbocycles. The Hall–Kier alpha value is -1.96. The van der Waals surface area contributed by atoms with E-state index in [1.807, 2.05) is 6.07 Å². The standard InChI is InChI=1S/C21H29NO/c1-16(2)17-10-6-8-12-19(17)22-14-15-23-20-13-9-7-11-18(20)21(3,4)5/h6-13,16,22H,14-15H2,1-5H3. The van der Waals surface area contributed by atoms with Crippen LogP contribution >= 0.6 is 0 Å². The lowest BCUT2D eigenvalue weighted by Gasteiger charge is -2.23. The minimum Gasteiger partial charge on any atom is -0.491 e. The van der Waals surface area contributed by atoms with Gasteiger partial charge >= 0.3 is 0 Å². The van der Waals surface area contributed by atoms with Crippen LogP contribution in [-0.2, 0) is 5.41 Å². The molecule has 0 aliphatic rings. The number of rotatable bonds is 6. The van der Waals surface area contributed by atoms with Crippen molar-refractivity contribution < 1.29 is 4.74 Å². The molecule has 0 unspecified atom stereocenters. The summed E-state index contributed by atoms with van der Waals surface area (Å²) in [5.74, 6) is 1.50. The van der Waals surface area contributed by atoms with E-state index in [9.17, 15) is 0 Å². The Bertz CT molecular complexity index is 626. The SMILES string of the molecule is CC(C)c1ccccc1NCCOc1ccccc1C(C)(C)C. The van der Waals surface area contributed by atoms with Gasteiger partial charge in [-0.3, -0.25) is 0 Å².